The van der Waals surface area contributed by atoms with Gasteiger partial charge < -0.3 is 10.6 Å². The van der Waals surface area contributed by atoms with Crippen LogP contribution >= 0.6 is 11.8 Å². The van der Waals surface area contributed by atoms with E-state index >= 15 is 0 Å². The molecule has 1 amide bonds. The van der Waals surface area contributed by atoms with Gasteiger partial charge in [0, 0.05) is 17.5 Å². The zero-order valence-electron chi connectivity index (χ0n) is 12.2. The van der Waals surface area contributed by atoms with Crippen LogP contribution in [0.1, 0.15) is 32.4 Å². The molecule has 3 nitrogen and oxygen atoms in total. The first-order valence-corrected chi connectivity index (χ1v) is 7.89. The number of hydrogen-bond acceptors (Lipinski definition) is 3. The van der Waals surface area contributed by atoms with Gasteiger partial charge in [-0.3, -0.25) is 4.79 Å². The van der Waals surface area contributed by atoms with Crippen molar-refractivity contribution in [1.29, 1.82) is 0 Å². The smallest absolute Gasteiger partial charge is 0.233 e. The summed E-state index contributed by atoms with van der Waals surface area (Å²) in [5.41, 5.74) is 1.20. The van der Waals surface area contributed by atoms with Gasteiger partial charge in [-0.25, -0.2) is 0 Å². The molecule has 1 unspecified atom stereocenters. The Morgan fingerprint density at radius 1 is 1.21 bits per heavy atom. The predicted molar refractivity (Wildman–Crippen MR) is 82.5 cm³/mol. The van der Waals surface area contributed by atoms with Crippen LogP contribution in [0.5, 0.6) is 0 Å². The van der Waals surface area contributed by atoms with E-state index in [4.69, 9.17) is 0 Å². The molecule has 0 saturated carbocycles. The Bertz CT molecular complexity index is 390. The van der Waals surface area contributed by atoms with E-state index in [0.29, 0.717) is 12.5 Å². The van der Waals surface area contributed by atoms with E-state index in [2.05, 4.69) is 61.9 Å². The number of rotatable bonds is 7. The van der Waals surface area contributed by atoms with Crippen molar-refractivity contribution in [3.63, 3.8) is 0 Å². The van der Waals surface area contributed by atoms with E-state index in [1.807, 2.05) is 0 Å². The molecule has 106 valence electrons. The van der Waals surface area contributed by atoms with Gasteiger partial charge in [0.2, 0.25) is 5.91 Å². The van der Waals surface area contributed by atoms with Crippen molar-refractivity contribution < 1.29 is 4.79 Å². The summed E-state index contributed by atoms with van der Waals surface area (Å²) in [6.45, 7) is 7.34. The SMILES string of the molecule is CSc1ccc(C(C)NCC(=O)NCC(C)C)cc1. The number of thioether (sulfide) groups is 1. The Labute approximate surface area is 120 Å². The minimum Gasteiger partial charge on any atom is -0.355 e. The van der Waals surface area contributed by atoms with Crippen molar-refractivity contribution in [2.75, 3.05) is 19.3 Å². The molecule has 1 rings (SSSR count). The highest BCUT2D eigenvalue weighted by atomic mass is 32.2. The summed E-state index contributed by atoms with van der Waals surface area (Å²) < 4.78 is 0. The largest absolute Gasteiger partial charge is 0.355 e. The lowest BCUT2D eigenvalue weighted by Crippen LogP contribution is -2.36. The van der Waals surface area contributed by atoms with Crippen LogP contribution in [-0.2, 0) is 4.79 Å². The van der Waals surface area contributed by atoms with Crippen LogP contribution in [-0.4, -0.2) is 25.3 Å². The lowest BCUT2D eigenvalue weighted by atomic mass is 10.1. The van der Waals surface area contributed by atoms with Gasteiger partial charge >= 0.3 is 0 Å². The lowest BCUT2D eigenvalue weighted by molar-refractivity contribution is -0.120. The normalized spacial score (nSPS) is 12.5. The number of carbonyl (C=O) groups is 1. The molecule has 19 heavy (non-hydrogen) atoms. The molecule has 0 bridgehead atoms. The minimum atomic E-state index is 0.0567. The molecule has 0 aliphatic rings. The van der Waals surface area contributed by atoms with Gasteiger partial charge in [0.15, 0.2) is 0 Å². The second kappa shape index (κ2) is 8.23. The Morgan fingerprint density at radius 2 is 1.84 bits per heavy atom. The zero-order valence-corrected chi connectivity index (χ0v) is 13.0. The zero-order chi connectivity index (χ0) is 14.3. The number of carbonyl (C=O) groups excluding carboxylic acids is 1. The molecule has 0 aromatic heterocycles. The highest BCUT2D eigenvalue weighted by Gasteiger charge is 2.07. The van der Waals surface area contributed by atoms with E-state index in [-0.39, 0.29) is 11.9 Å². The van der Waals surface area contributed by atoms with Crippen molar-refractivity contribution in [1.82, 2.24) is 10.6 Å². The van der Waals surface area contributed by atoms with E-state index < -0.39 is 0 Å². The summed E-state index contributed by atoms with van der Waals surface area (Å²) in [5, 5.41) is 6.14. The molecule has 2 N–H and O–H groups in total. The molecular formula is C15H24N2OS. The Kier molecular flexibility index (Phi) is 6.95. The summed E-state index contributed by atoms with van der Waals surface area (Å²) in [6, 6.07) is 8.61. The van der Waals surface area contributed by atoms with Crippen LogP contribution < -0.4 is 10.6 Å². The average Bonchev–Trinajstić information content (AvgIpc) is 2.42. The Balaban J connectivity index is 2.37. The maximum Gasteiger partial charge on any atom is 0.233 e. The van der Waals surface area contributed by atoms with Crippen LogP contribution in [0.4, 0.5) is 0 Å². The number of nitrogens with one attached hydrogen (secondary N) is 2. The summed E-state index contributed by atoms with van der Waals surface area (Å²) >= 11 is 1.73. The van der Waals surface area contributed by atoms with Crippen molar-refractivity contribution in [2.45, 2.75) is 31.7 Å². The summed E-state index contributed by atoms with van der Waals surface area (Å²) in [5.74, 6) is 0.543. The topological polar surface area (TPSA) is 41.1 Å². The molecule has 0 spiro atoms. The van der Waals surface area contributed by atoms with Crippen LogP contribution in [0.3, 0.4) is 0 Å². The van der Waals surface area contributed by atoms with Crippen LogP contribution in [0.25, 0.3) is 0 Å². The molecule has 1 aromatic carbocycles. The van der Waals surface area contributed by atoms with E-state index in [1.165, 1.54) is 10.5 Å². The first-order valence-electron chi connectivity index (χ1n) is 6.67. The molecule has 0 saturated heterocycles. The molecule has 0 aliphatic heterocycles. The first kappa shape index (κ1) is 16.1. The van der Waals surface area contributed by atoms with Gasteiger partial charge in [-0.05, 0) is 36.8 Å². The van der Waals surface area contributed by atoms with Gasteiger partial charge in [0.25, 0.3) is 0 Å². The van der Waals surface area contributed by atoms with Crippen LogP contribution in [0, 0.1) is 5.92 Å². The third-order valence-corrected chi connectivity index (χ3v) is 3.64. The van der Waals surface area contributed by atoms with Gasteiger partial charge in [-0.1, -0.05) is 26.0 Å². The molecule has 4 heteroatoms. The van der Waals surface area contributed by atoms with E-state index in [1.54, 1.807) is 11.8 Å². The fraction of sp³-hybridized carbons (Fsp3) is 0.533. The molecular weight excluding hydrogens is 256 g/mol. The quantitative estimate of drug-likeness (QED) is 0.755. The number of amides is 1. The predicted octanol–water partition coefficient (Wildman–Crippen LogP) is 2.83. The molecule has 1 aromatic rings. The number of benzene rings is 1. The van der Waals surface area contributed by atoms with Crippen molar-refractivity contribution in [2.24, 2.45) is 5.92 Å². The van der Waals surface area contributed by atoms with E-state index in [0.717, 1.165) is 6.54 Å². The van der Waals surface area contributed by atoms with Crippen molar-refractivity contribution in [3.8, 4) is 0 Å². The third-order valence-electron chi connectivity index (χ3n) is 2.89. The third kappa shape index (κ3) is 6.12. The van der Waals surface area contributed by atoms with Crippen LogP contribution in [0.15, 0.2) is 29.2 Å². The summed E-state index contributed by atoms with van der Waals surface area (Å²) in [7, 11) is 0. The lowest BCUT2D eigenvalue weighted by Gasteiger charge is -2.15. The second-order valence-corrected chi connectivity index (χ2v) is 5.95. The summed E-state index contributed by atoms with van der Waals surface area (Å²) in [6.07, 6.45) is 2.07. The Morgan fingerprint density at radius 3 is 2.37 bits per heavy atom. The first-order chi connectivity index (χ1) is 9.02. The monoisotopic (exact) mass is 280 g/mol. The highest BCUT2D eigenvalue weighted by Crippen LogP contribution is 2.18. The van der Waals surface area contributed by atoms with Crippen molar-refractivity contribution >= 4 is 17.7 Å². The van der Waals surface area contributed by atoms with Gasteiger partial charge in [0.05, 0.1) is 6.54 Å². The fourth-order valence-corrected chi connectivity index (χ4v) is 2.04. The van der Waals surface area contributed by atoms with Crippen molar-refractivity contribution in [3.05, 3.63) is 29.8 Å². The molecule has 0 heterocycles. The molecule has 0 aliphatic carbocycles. The van der Waals surface area contributed by atoms with Gasteiger partial charge in [0.1, 0.15) is 0 Å². The highest BCUT2D eigenvalue weighted by molar-refractivity contribution is 7.98. The molecule has 0 fully saturated rings. The minimum absolute atomic E-state index is 0.0567. The summed E-state index contributed by atoms with van der Waals surface area (Å²) in [4.78, 5) is 12.9. The molecule has 1 atom stereocenters. The maximum atomic E-state index is 11.6. The maximum absolute atomic E-state index is 11.6. The average molecular weight is 280 g/mol. The van der Waals surface area contributed by atoms with Crippen LogP contribution in [0.2, 0.25) is 0 Å². The number of hydrogen-bond donors (Lipinski definition) is 2. The molecule has 0 radical (unpaired) electrons. The van der Waals surface area contributed by atoms with Gasteiger partial charge in [-0.2, -0.15) is 0 Å². The fourth-order valence-electron chi connectivity index (χ4n) is 1.64. The standard InChI is InChI=1S/C15H24N2OS/c1-11(2)9-17-15(18)10-16-12(3)13-5-7-14(19-4)8-6-13/h5-8,11-12,16H,9-10H2,1-4H3,(H,17,18). The second-order valence-electron chi connectivity index (χ2n) is 5.07. The van der Waals surface area contributed by atoms with E-state index in [9.17, 15) is 4.79 Å². The Hall–Kier alpha value is -1.00. The van der Waals surface area contributed by atoms with Gasteiger partial charge in [-0.15, -0.1) is 11.8 Å².